The summed E-state index contributed by atoms with van der Waals surface area (Å²) >= 11 is 0. The van der Waals surface area contributed by atoms with Gasteiger partial charge in [-0.25, -0.2) is 0 Å². The molecule has 0 fully saturated rings. The van der Waals surface area contributed by atoms with Crippen LogP contribution in [0.3, 0.4) is 0 Å². The molecule has 0 aliphatic carbocycles. The quantitative estimate of drug-likeness (QED) is 0.272. The van der Waals surface area contributed by atoms with E-state index in [2.05, 4.69) is 10.6 Å². The lowest BCUT2D eigenvalue weighted by molar-refractivity contribution is -0.137. The molecule has 0 aromatic carbocycles. The highest BCUT2D eigenvalue weighted by atomic mass is 16.4. The minimum Gasteiger partial charge on any atom is -0.481 e. The second-order valence-corrected chi connectivity index (χ2v) is 7.01. The van der Waals surface area contributed by atoms with E-state index in [4.69, 9.17) is 10.8 Å². The number of hydrogen-bond donors (Lipinski definition) is 4. The molecule has 0 spiro atoms. The van der Waals surface area contributed by atoms with E-state index in [1.807, 2.05) is 13.8 Å². The zero-order valence-corrected chi connectivity index (χ0v) is 15.3. The van der Waals surface area contributed by atoms with Crippen molar-refractivity contribution in [3.8, 4) is 0 Å². The van der Waals surface area contributed by atoms with Crippen molar-refractivity contribution >= 4 is 18.0 Å². The number of Topliss-reactive ketones (excluding diaryl/α,β-unsaturated/α-hetero) is 1. The van der Waals surface area contributed by atoms with Crippen LogP contribution < -0.4 is 16.4 Å². The van der Waals surface area contributed by atoms with Crippen LogP contribution in [0.15, 0.2) is 0 Å². The summed E-state index contributed by atoms with van der Waals surface area (Å²) < 4.78 is 0. The second kappa shape index (κ2) is 11.3. The lowest BCUT2D eigenvalue weighted by Crippen LogP contribution is -2.54. The summed E-state index contributed by atoms with van der Waals surface area (Å²) in [4.78, 5) is 33.8. The number of nitrogens with two attached hydrogens (primary N) is 1. The van der Waals surface area contributed by atoms with Gasteiger partial charge in [0.2, 0.25) is 0 Å². The molecule has 0 saturated carbocycles. The molecule has 0 aromatic rings. The van der Waals surface area contributed by atoms with Gasteiger partial charge in [0.15, 0.2) is 5.78 Å². The number of rotatable bonds is 14. The third-order valence-corrected chi connectivity index (χ3v) is 3.84. The maximum Gasteiger partial charge on any atom is 0.303 e. The van der Waals surface area contributed by atoms with Crippen molar-refractivity contribution in [2.24, 2.45) is 5.73 Å². The minimum absolute atomic E-state index is 0.112. The maximum atomic E-state index is 12.3. The second-order valence-electron chi connectivity index (χ2n) is 7.01. The highest BCUT2D eigenvalue weighted by Crippen LogP contribution is 2.10. The Labute approximate surface area is 144 Å². The first kappa shape index (κ1) is 22.7. The molecule has 7 nitrogen and oxygen atoms in total. The number of carbonyl (C=O) groups is 3. The average Bonchev–Trinajstić information content (AvgIpc) is 2.49. The fourth-order valence-corrected chi connectivity index (χ4v) is 2.47. The van der Waals surface area contributed by atoms with E-state index < -0.39 is 17.6 Å². The van der Waals surface area contributed by atoms with E-state index in [1.165, 1.54) is 0 Å². The van der Waals surface area contributed by atoms with Crippen molar-refractivity contribution in [2.75, 3.05) is 6.54 Å². The number of carboxylic acids is 1. The normalized spacial score (nSPS) is 14.4. The SMILES string of the molecule is CC(C)NC(C=O)CCCCNC(C)(C)C(=O)C(N)CCC(=O)O. The molecule has 0 saturated heterocycles. The van der Waals surface area contributed by atoms with Gasteiger partial charge in [0.1, 0.15) is 6.29 Å². The van der Waals surface area contributed by atoms with Crippen molar-refractivity contribution in [3.05, 3.63) is 0 Å². The van der Waals surface area contributed by atoms with Crippen LogP contribution in [0.4, 0.5) is 0 Å². The molecule has 0 heterocycles. The van der Waals surface area contributed by atoms with Gasteiger partial charge in [0.05, 0.1) is 17.6 Å². The van der Waals surface area contributed by atoms with Gasteiger partial charge >= 0.3 is 5.97 Å². The predicted octanol–water partition coefficient (Wildman–Crippen LogP) is 0.852. The third kappa shape index (κ3) is 9.75. The van der Waals surface area contributed by atoms with Crippen LogP contribution in [0.5, 0.6) is 0 Å². The molecule has 7 heteroatoms. The van der Waals surface area contributed by atoms with E-state index in [1.54, 1.807) is 13.8 Å². The van der Waals surface area contributed by atoms with E-state index >= 15 is 0 Å². The Bertz CT molecular complexity index is 411. The Balaban J connectivity index is 4.12. The van der Waals surface area contributed by atoms with Crippen molar-refractivity contribution in [2.45, 2.75) is 83.5 Å². The van der Waals surface area contributed by atoms with E-state index in [0.29, 0.717) is 6.54 Å². The summed E-state index contributed by atoms with van der Waals surface area (Å²) in [5.41, 5.74) is 4.99. The van der Waals surface area contributed by atoms with Crippen LogP contribution >= 0.6 is 0 Å². The average molecular weight is 343 g/mol. The number of hydrogen-bond acceptors (Lipinski definition) is 6. The number of nitrogens with one attached hydrogen (secondary N) is 2. The van der Waals surface area contributed by atoms with Gasteiger partial charge in [-0.15, -0.1) is 0 Å². The number of aliphatic carboxylic acids is 1. The molecule has 0 amide bonds. The fourth-order valence-electron chi connectivity index (χ4n) is 2.47. The van der Waals surface area contributed by atoms with E-state index in [9.17, 15) is 14.4 Å². The summed E-state index contributed by atoms with van der Waals surface area (Å²) in [5, 5.41) is 15.0. The van der Waals surface area contributed by atoms with E-state index in [0.717, 1.165) is 25.5 Å². The Morgan fingerprint density at radius 1 is 1.21 bits per heavy atom. The largest absolute Gasteiger partial charge is 0.481 e. The lowest BCUT2D eigenvalue weighted by atomic mass is 9.91. The number of aldehydes is 1. The summed E-state index contributed by atoms with van der Waals surface area (Å²) in [6.45, 7) is 8.15. The molecule has 5 N–H and O–H groups in total. The Kier molecular flexibility index (Phi) is 10.7. The Morgan fingerprint density at radius 2 is 1.83 bits per heavy atom. The summed E-state index contributed by atoms with van der Waals surface area (Å²) in [6, 6.07) is -0.649. The Hall–Kier alpha value is -1.31. The van der Waals surface area contributed by atoms with Gasteiger partial charge in [0.25, 0.3) is 0 Å². The number of ketones is 1. The van der Waals surface area contributed by atoms with Crippen LogP contribution in [0.25, 0.3) is 0 Å². The number of carboxylic acid groups (broad SMARTS) is 1. The van der Waals surface area contributed by atoms with Crippen molar-refractivity contribution in [3.63, 3.8) is 0 Å². The first-order valence-electron chi connectivity index (χ1n) is 8.58. The lowest BCUT2D eigenvalue weighted by Gasteiger charge is -2.28. The summed E-state index contributed by atoms with van der Waals surface area (Å²) in [6.07, 6.45) is 3.43. The first-order chi connectivity index (χ1) is 11.1. The van der Waals surface area contributed by atoms with Gasteiger partial charge in [-0.1, -0.05) is 20.3 Å². The molecule has 0 bridgehead atoms. The smallest absolute Gasteiger partial charge is 0.303 e. The molecular formula is C17H33N3O4. The van der Waals surface area contributed by atoms with Crippen LogP contribution in [0.1, 0.15) is 59.8 Å². The van der Waals surface area contributed by atoms with Crippen LogP contribution in [-0.4, -0.2) is 53.4 Å². The summed E-state index contributed by atoms with van der Waals surface area (Å²) in [5.74, 6) is -1.14. The molecule has 0 aliphatic heterocycles. The standard InChI is InChI=1S/C17H33N3O4/c1-12(2)20-13(11-21)7-5-6-10-19-17(3,4)16(24)14(18)8-9-15(22)23/h11-14,19-20H,5-10,18H2,1-4H3,(H,22,23). The summed E-state index contributed by atoms with van der Waals surface area (Å²) in [7, 11) is 0. The monoisotopic (exact) mass is 343 g/mol. The molecule has 0 radical (unpaired) electrons. The van der Waals surface area contributed by atoms with Crippen molar-refractivity contribution < 1.29 is 19.5 Å². The molecule has 0 rings (SSSR count). The maximum absolute atomic E-state index is 12.3. The van der Waals surface area contributed by atoms with Crippen LogP contribution in [0, 0.1) is 0 Å². The van der Waals surface area contributed by atoms with Crippen LogP contribution in [0.2, 0.25) is 0 Å². The molecule has 2 unspecified atom stereocenters. The zero-order valence-electron chi connectivity index (χ0n) is 15.3. The number of carbonyl (C=O) groups excluding carboxylic acids is 2. The predicted molar refractivity (Wildman–Crippen MR) is 93.9 cm³/mol. The fraction of sp³-hybridized carbons (Fsp3) is 0.824. The van der Waals surface area contributed by atoms with Gasteiger partial charge in [0, 0.05) is 12.5 Å². The molecule has 140 valence electrons. The van der Waals surface area contributed by atoms with Gasteiger partial charge in [-0.2, -0.15) is 0 Å². The highest BCUT2D eigenvalue weighted by molar-refractivity contribution is 5.92. The molecular weight excluding hydrogens is 310 g/mol. The van der Waals surface area contributed by atoms with Gasteiger partial charge in [-0.3, -0.25) is 9.59 Å². The molecule has 0 aliphatic rings. The topological polar surface area (TPSA) is 122 Å². The van der Waals surface area contributed by atoms with E-state index in [-0.39, 0.29) is 30.7 Å². The molecule has 0 aromatic heterocycles. The highest BCUT2D eigenvalue weighted by Gasteiger charge is 2.31. The zero-order chi connectivity index (χ0) is 18.8. The van der Waals surface area contributed by atoms with Crippen LogP contribution in [-0.2, 0) is 14.4 Å². The van der Waals surface area contributed by atoms with Crippen molar-refractivity contribution in [1.82, 2.24) is 10.6 Å². The van der Waals surface area contributed by atoms with Crippen molar-refractivity contribution in [1.29, 1.82) is 0 Å². The van der Waals surface area contributed by atoms with Gasteiger partial charge in [-0.05, 0) is 39.7 Å². The first-order valence-corrected chi connectivity index (χ1v) is 8.58. The minimum atomic E-state index is -0.955. The number of unbranched alkanes of at least 4 members (excludes halogenated alkanes) is 1. The third-order valence-electron chi connectivity index (χ3n) is 3.84. The molecule has 24 heavy (non-hydrogen) atoms. The Morgan fingerprint density at radius 3 is 2.33 bits per heavy atom. The molecule has 2 atom stereocenters. The van der Waals surface area contributed by atoms with Gasteiger partial charge < -0.3 is 26.3 Å².